The van der Waals surface area contributed by atoms with Gasteiger partial charge < -0.3 is 31.1 Å². The van der Waals surface area contributed by atoms with E-state index in [9.17, 15) is 0 Å². The molecular weight excluding hydrogens is 649 g/mol. The zero-order valence-electron chi connectivity index (χ0n) is 30.4. The quantitative estimate of drug-likeness (QED) is 0.0927. The summed E-state index contributed by atoms with van der Waals surface area (Å²) in [6, 6.07) is 51.4. The van der Waals surface area contributed by atoms with Crippen LogP contribution in [0.4, 0.5) is 34.1 Å². The van der Waals surface area contributed by atoms with E-state index in [1.54, 1.807) is 0 Å². The van der Waals surface area contributed by atoms with Gasteiger partial charge in [0.2, 0.25) is 0 Å². The summed E-state index contributed by atoms with van der Waals surface area (Å²) in [6.45, 7) is 2.33. The lowest BCUT2D eigenvalue weighted by molar-refractivity contribution is 0.611. The first kappa shape index (κ1) is 34.8. The predicted octanol–water partition coefficient (Wildman–Crippen LogP) is 10.6. The summed E-state index contributed by atoms with van der Waals surface area (Å²) in [5.74, 6) is 0. The molecule has 1 aliphatic heterocycles. The van der Waals surface area contributed by atoms with E-state index in [1.807, 2.05) is 38.4 Å². The second-order valence-electron chi connectivity index (χ2n) is 13.2. The molecule has 7 rings (SSSR count). The summed E-state index contributed by atoms with van der Waals surface area (Å²) in [5, 5.41) is 6.35. The van der Waals surface area contributed by atoms with Gasteiger partial charge in [0.1, 0.15) is 0 Å². The van der Waals surface area contributed by atoms with E-state index in [4.69, 9.17) is 5.73 Å². The van der Waals surface area contributed by atoms with Crippen molar-refractivity contribution >= 4 is 70.6 Å². The minimum Gasteiger partial charge on any atom is -0.399 e. The van der Waals surface area contributed by atoms with E-state index in [1.165, 1.54) is 39.3 Å². The van der Waals surface area contributed by atoms with Gasteiger partial charge in [-0.05, 0) is 106 Å². The molecule has 1 heterocycles. The zero-order valence-corrected chi connectivity index (χ0v) is 30.4. The molecule has 1 fully saturated rings. The molecule has 1 aliphatic rings. The number of rotatable bonds is 11. The van der Waals surface area contributed by atoms with Gasteiger partial charge >= 0.3 is 0 Å². The molecule has 1 saturated heterocycles. The third-order valence-corrected chi connectivity index (χ3v) is 9.54. The Hall–Kier alpha value is -6.66. The van der Waals surface area contributed by atoms with Crippen molar-refractivity contribution in [3.05, 3.63) is 179 Å². The Labute approximate surface area is 313 Å². The standard InChI is InChI=1S/C47H46N6/c1-49-43-23-11-37(12-24-43)4-7-40-17-29-46(30-18-40)52-33-51(45-27-15-39(16-28-45)6-3-36-9-21-42(48)22-10-36)34-53(35-52)47-31-19-41(20-32-47)8-5-38-13-25-44(50-2)26-14-38/h3-32,49-50H,33-35,48H2,1-2H3/b6-3+,7-4+,8-5+. The van der Waals surface area contributed by atoms with Crippen LogP contribution in [0.3, 0.4) is 0 Å². The monoisotopic (exact) mass is 694 g/mol. The third-order valence-electron chi connectivity index (χ3n) is 9.54. The van der Waals surface area contributed by atoms with Crippen LogP contribution in [-0.4, -0.2) is 34.1 Å². The number of nitrogens with zero attached hydrogens (tertiary/aromatic N) is 3. The van der Waals surface area contributed by atoms with Crippen LogP contribution in [0, 0.1) is 0 Å². The van der Waals surface area contributed by atoms with Gasteiger partial charge in [-0.2, -0.15) is 0 Å². The molecule has 0 saturated carbocycles. The Morgan fingerprint density at radius 2 is 0.585 bits per heavy atom. The summed E-state index contributed by atoms with van der Waals surface area (Å²) < 4.78 is 0. The summed E-state index contributed by atoms with van der Waals surface area (Å²) in [7, 11) is 3.88. The topological polar surface area (TPSA) is 59.8 Å². The number of nitrogens with two attached hydrogens (primary N) is 1. The highest BCUT2D eigenvalue weighted by atomic mass is 15.5. The molecular formula is C47H46N6. The summed E-state index contributed by atoms with van der Waals surface area (Å²) in [5.41, 5.74) is 19.4. The first-order chi connectivity index (χ1) is 26.0. The van der Waals surface area contributed by atoms with Crippen molar-refractivity contribution in [3.8, 4) is 0 Å². The van der Waals surface area contributed by atoms with Crippen molar-refractivity contribution in [1.29, 1.82) is 0 Å². The molecule has 0 radical (unpaired) electrons. The van der Waals surface area contributed by atoms with Gasteiger partial charge in [0.25, 0.3) is 0 Å². The fourth-order valence-corrected chi connectivity index (χ4v) is 6.34. The SMILES string of the molecule is CNc1ccc(/C=C/c2ccc(N3CN(c4ccc(/C=C/c5ccc(N)cc5)cc4)CN(c4ccc(/C=C/c5ccc(NC)cc5)cc4)C3)cc2)cc1. The molecule has 0 atom stereocenters. The van der Waals surface area contributed by atoms with Crippen LogP contribution in [-0.2, 0) is 0 Å². The molecule has 4 N–H and O–H groups in total. The largest absolute Gasteiger partial charge is 0.399 e. The zero-order chi connectivity index (χ0) is 36.4. The van der Waals surface area contributed by atoms with E-state index in [0.717, 1.165) is 48.2 Å². The van der Waals surface area contributed by atoms with Crippen molar-refractivity contribution in [2.75, 3.05) is 65.2 Å². The van der Waals surface area contributed by atoms with Crippen LogP contribution < -0.4 is 31.1 Å². The Morgan fingerprint density at radius 3 is 0.830 bits per heavy atom. The van der Waals surface area contributed by atoms with Crippen molar-refractivity contribution in [3.63, 3.8) is 0 Å². The molecule has 0 aliphatic carbocycles. The van der Waals surface area contributed by atoms with Gasteiger partial charge in [0.15, 0.2) is 0 Å². The summed E-state index contributed by atoms with van der Waals surface area (Å²) >= 11 is 0. The van der Waals surface area contributed by atoms with Gasteiger partial charge in [-0.15, -0.1) is 0 Å². The second kappa shape index (κ2) is 16.6. The Balaban J connectivity index is 1.09. The molecule has 264 valence electrons. The highest BCUT2D eigenvalue weighted by Crippen LogP contribution is 2.28. The van der Waals surface area contributed by atoms with Gasteiger partial charge in [0.05, 0.1) is 20.0 Å². The molecule has 6 heteroatoms. The molecule has 0 bridgehead atoms. The summed E-state index contributed by atoms with van der Waals surface area (Å²) in [4.78, 5) is 7.30. The van der Waals surface area contributed by atoms with Crippen LogP contribution in [0.1, 0.15) is 33.4 Å². The normalized spacial score (nSPS) is 13.4. The maximum atomic E-state index is 5.86. The second-order valence-corrected chi connectivity index (χ2v) is 13.2. The van der Waals surface area contributed by atoms with Crippen molar-refractivity contribution < 1.29 is 0 Å². The first-order valence-corrected chi connectivity index (χ1v) is 18.0. The number of nitrogens with one attached hydrogen (secondary N) is 2. The number of anilines is 6. The summed E-state index contributed by atoms with van der Waals surface area (Å²) in [6.07, 6.45) is 12.9. The van der Waals surface area contributed by atoms with Crippen LogP contribution >= 0.6 is 0 Å². The number of hydrogen-bond donors (Lipinski definition) is 3. The van der Waals surface area contributed by atoms with Crippen LogP contribution in [0.15, 0.2) is 146 Å². The molecule has 6 aromatic carbocycles. The minimum absolute atomic E-state index is 0.773. The maximum Gasteiger partial charge on any atom is 0.0937 e. The van der Waals surface area contributed by atoms with E-state index in [-0.39, 0.29) is 0 Å². The molecule has 0 aromatic heterocycles. The molecule has 53 heavy (non-hydrogen) atoms. The van der Waals surface area contributed by atoms with E-state index < -0.39 is 0 Å². The highest BCUT2D eigenvalue weighted by molar-refractivity contribution is 5.74. The Morgan fingerprint density at radius 1 is 0.358 bits per heavy atom. The third kappa shape index (κ3) is 9.18. The van der Waals surface area contributed by atoms with Gasteiger partial charge in [0, 0.05) is 48.2 Å². The average Bonchev–Trinajstić information content (AvgIpc) is 3.22. The molecule has 6 nitrogen and oxygen atoms in total. The smallest absolute Gasteiger partial charge is 0.0937 e. The van der Waals surface area contributed by atoms with Crippen LogP contribution in [0.5, 0.6) is 0 Å². The van der Waals surface area contributed by atoms with Crippen molar-refractivity contribution in [1.82, 2.24) is 0 Å². The number of nitrogen functional groups attached to an aromatic ring is 1. The van der Waals surface area contributed by atoms with Crippen molar-refractivity contribution in [2.45, 2.75) is 0 Å². The lowest BCUT2D eigenvalue weighted by Crippen LogP contribution is -2.55. The highest BCUT2D eigenvalue weighted by Gasteiger charge is 2.24. The van der Waals surface area contributed by atoms with E-state index in [0.29, 0.717) is 0 Å². The van der Waals surface area contributed by atoms with E-state index >= 15 is 0 Å². The fraction of sp³-hybridized carbons (Fsp3) is 0.106. The van der Waals surface area contributed by atoms with Crippen LogP contribution in [0.2, 0.25) is 0 Å². The lowest BCUT2D eigenvalue weighted by atomic mass is 10.1. The first-order valence-electron chi connectivity index (χ1n) is 18.0. The fourth-order valence-electron chi connectivity index (χ4n) is 6.34. The lowest BCUT2D eigenvalue weighted by Gasteiger charge is -2.45. The molecule has 0 amide bonds. The van der Waals surface area contributed by atoms with Gasteiger partial charge in [-0.25, -0.2) is 0 Å². The maximum absolute atomic E-state index is 5.86. The van der Waals surface area contributed by atoms with Crippen molar-refractivity contribution in [2.24, 2.45) is 0 Å². The number of hydrogen-bond acceptors (Lipinski definition) is 6. The Bertz CT molecular complexity index is 2040. The van der Waals surface area contributed by atoms with E-state index in [2.05, 4.69) is 183 Å². The van der Waals surface area contributed by atoms with Gasteiger partial charge in [-0.1, -0.05) is 109 Å². The molecule has 6 aromatic rings. The Kier molecular flexibility index (Phi) is 10.9. The average molecular weight is 695 g/mol. The molecule has 0 spiro atoms. The minimum atomic E-state index is 0.773. The number of benzene rings is 6. The predicted molar refractivity (Wildman–Crippen MR) is 231 cm³/mol. The molecule has 0 unspecified atom stereocenters. The van der Waals surface area contributed by atoms with Crippen LogP contribution in [0.25, 0.3) is 36.5 Å². The van der Waals surface area contributed by atoms with Gasteiger partial charge in [-0.3, -0.25) is 0 Å².